The van der Waals surface area contributed by atoms with Crippen LogP contribution in [0.15, 0.2) is 0 Å². The molecule has 0 spiro atoms. The topological polar surface area (TPSA) is 79.2 Å². The van der Waals surface area contributed by atoms with E-state index in [0.717, 1.165) is 0 Å². The Kier molecular flexibility index (Phi) is 3.26. The molecule has 0 radical (unpaired) electrons. The molecule has 1 aliphatic rings. The van der Waals surface area contributed by atoms with E-state index in [-0.39, 0.29) is 6.61 Å². The van der Waals surface area contributed by atoms with Crippen molar-refractivity contribution in [2.45, 2.75) is 37.4 Å². The number of hydrogen-bond acceptors (Lipinski definition) is 5. The summed E-state index contributed by atoms with van der Waals surface area (Å²) in [6.07, 6.45) is -2.56. The number of ether oxygens (including phenoxy) is 2. The molecule has 3 N–H and O–H groups in total. The molecule has 1 rings (SSSR count). The maximum atomic E-state index is 9.60. The van der Waals surface area contributed by atoms with Crippen LogP contribution in [0.4, 0.5) is 0 Å². The third-order valence-corrected chi connectivity index (χ3v) is 2.52. The Labute approximate surface area is 76.9 Å². The molecule has 5 nitrogen and oxygen atoms in total. The molecule has 1 unspecified atom stereocenters. The van der Waals surface area contributed by atoms with Crippen LogP contribution in [0.5, 0.6) is 0 Å². The molecule has 0 aromatic rings. The fourth-order valence-corrected chi connectivity index (χ4v) is 1.61. The molecule has 1 aliphatic heterocycles. The van der Waals surface area contributed by atoms with Crippen LogP contribution in [0.1, 0.15) is 13.3 Å². The minimum atomic E-state index is -1.17. The average Bonchev–Trinajstić information content (AvgIpc) is 2.42. The summed E-state index contributed by atoms with van der Waals surface area (Å²) < 4.78 is 10.3. The van der Waals surface area contributed by atoms with E-state index in [9.17, 15) is 10.2 Å². The summed E-state index contributed by atoms with van der Waals surface area (Å²) in [5.41, 5.74) is 0. The van der Waals surface area contributed by atoms with E-state index in [0.29, 0.717) is 6.42 Å². The Bertz CT molecular complexity index is 168. The van der Waals surface area contributed by atoms with Crippen LogP contribution in [0.2, 0.25) is 0 Å². The molecule has 0 aromatic heterocycles. The van der Waals surface area contributed by atoms with Gasteiger partial charge in [0.15, 0.2) is 5.79 Å². The highest BCUT2D eigenvalue weighted by atomic mass is 16.7. The van der Waals surface area contributed by atoms with E-state index >= 15 is 0 Å². The normalized spacial score (nSPS) is 45.5. The summed E-state index contributed by atoms with van der Waals surface area (Å²) in [5, 5.41) is 27.9. The van der Waals surface area contributed by atoms with Gasteiger partial charge in [-0.2, -0.15) is 0 Å². The van der Waals surface area contributed by atoms with Gasteiger partial charge in [0.05, 0.1) is 6.61 Å². The van der Waals surface area contributed by atoms with Crippen LogP contribution in [0.25, 0.3) is 0 Å². The van der Waals surface area contributed by atoms with Crippen LogP contribution < -0.4 is 0 Å². The van der Waals surface area contributed by atoms with E-state index < -0.39 is 24.1 Å². The van der Waals surface area contributed by atoms with Crippen molar-refractivity contribution in [3.63, 3.8) is 0 Å². The molecule has 0 aliphatic carbocycles. The zero-order valence-electron chi connectivity index (χ0n) is 7.80. The first-order valence-corrected chi connectivity index (χ1v) is 4.31. The first kappa shape index (κ1) is 10.9. The molecule has 0 bridgehead atoms. The number of hydrogen-bond donors (Lipinski definition) is 3. The molecule has 0 saturated carbocycles. The van der Waals surface area contributed by atoms with Crippen LogP contribution in [0, 0.1) is 0 Å². The lowest BCUT2D eigenvalue weighted by Gasteiger charge is -2.28. The molecule has 1 saturated heterocycles. The Morgan fingerprint density at radius 1 is 1.46 bits per heavy atom. The first-order chi connectivity index (χ1) is 6.11. The fraction of sp³-hybridized carbons (Fsp3) is 1.00. The first-order valence-electron chi connectivity index (χ1n) is 4.31. The molecule has 0 amide bonds. The summed E-state index contributed by atoms with van der Waals surface area (Å²) in [4.78, 5) is 0. The van der Waals surface area contributed by atoms with Gasteiger partial charge in [0, 0.05) is 13.5 Å². The van der Waals surface area contributed by atoms with E-state index in [2.05, 4.69) is 0 Å². The van der Waals surface area contributed by atoms with Crippen molar-refractivity contribution in [2.75, 3.05) is 13.7 Å². The molecule has 0 aromatic carbocycles. The summed E-state index contributed by atoms with van der Waals surface area (Å²) in [7, 11) is 1.40. The zero-order valence-corrected chi connectivity index (χ0v) is 7.80. The lowest BCUT2D eigenvalue weighted by Crippen LogP contribution is -2.44. The average molecular weight is 192 g/mol. The molecule has 13 heavy (non-hydrogen) atoms. The monoisotopic (exact) mass is 192 g/mol. The predicted octanol–water partition coefficient (Wildman–Crippen LogP) is -1.15. The SMILES string of the molecule is CC[C@@]1(OC)O[C@H](CO)C(O)[C@@H]1O. The molecular formula is C8H16O5. The molecule has 1 heterocycles. The summed E-state index contributed by atoms with van der Waals surface area (Å²) >= 11 is 0. The lowest BCUT2D eigenvalue weighted by atomic mass is 10.0. The van der Waals surface area contributed by atoms with Crippen LogP contribution >= 0.6 is 0 Å². The smallest absolute Gasteiger partial charge is 0.197 e. The molecule has 78 valence electrons. The highest BCUT2D eigenvalue weighted by Gasteiger charge is 2.53. The Morgan fingerprint density at radius 3 is 2.31 bits per heavy atom. The number of aliphatic hydroxyl groups excluding tert-OH is 3. The van der Waals surface area contributed by atoms with Crippen molar-refractivity contribution in [2.24, 2.45) is 0 Å². The number of methoxy groups -OCH3 is 1. The van der Waals surface area contributed by atoms with Gasteiger partial charge in [-0.25, -0.2) is 0 Å². The second kappa shape index (κ2) is 3.89. The van der Waals surface area contributed by atoms with Gasteiger partial charge in [-0.05, 0) is 0 Å². The van der Waals surface area contributed by atoms with Gasteiger partial charge < -0.3 is 24.8 Å². The Morgan fingerprint density at radius 2 is 2.08 bits per heavy atom. The quantitative estimate of drug-likeness (QED) is 0.526. The van der Waals surface area contributed by atoms with E-state index in [1.54, 1.807) is 6.92 Å². The van der Waals surface area contributed by atoms with E-state index in [4.69, 9.17) is 14.6 Å². The fourth-order valence-electron chi connectivity index (χ4n) is 1.61. The van der Waals surface area contributed by atoms with Crippen molar-refractivity contribution in [3.05, 3.63) is 0 Å². The molecular weight excluding hydrogens is 176 g/mol. The van der Waals surface area contributed by atoms with Gasteiger partial charge in [0.25, 0.3) is 0 Å². The van der Waals surface area contributed by atoms with Crippen molar-refractivity contribution in [1.82, 2.24) is 0 Å². The van der Waals surface area contributed by atoms with Gasteiger partial charge >= 0.3 is 0 Å². The molecule has 1 fully saturated rings. The molecule has 5 heteroatoms. The van der Waals surface area contributed by atoms with E-state index in [1.165, 1.54) is 7.11 Å². The minimum absolute atomic E-state index is 0.330. The Balaban J connectivity index is 2.79. The second-order valence-corrected chi connectivity index (χ2v) is 3.14. The van der Waals surface area contributed by atoms with Crippen LogP contribution in [0.3, 0.4) is 0 Å². The largest absolute Gasteiger partial charge is 0.394 e. The van der Waals surface area contributed by atoms with Gasteiger partial charge in [0.2, 0.25) is 0 Å². The van der Waals surface area contributed by atoms with Crippen LogP contribution in [-0.2, 0) is 9.47 Å². The van der Waals surface area contributed by atoms with Crippen molar-refractivity contribution >= 4 is 0 Å². The minimum Gasteiger partial charge on any atom is -0.394 e. The maximum absolute atomic E-state index is 9.60. The maximum Gasteiger partial charge on any atom is 0.197 e. The third-order valence-electron chi connectivity index (χ3n) is 2.52. The summed E-state index contributed by atoms with van der Waals surface area (Å²) in [5.74, 6) is -1.17. The van der Waals surface area contributed by atoms with Crippen molar-refractivity contribution in [1.29, 1.82) is 0 Å². The van der Waals surface area contributed by atoms with Crippen molar-refractivity contribution < 1.29 is 24.8 Å². The second-order valence-electron chi connectivity index (χ2n) is 3.14. The van der Waals surface area contributed by atoms with Crippen molar-refractivity contribution in [3.8, 4) is 0 Å². The predicted molar refractivity (Wildman–Crippen MR) is 44.0 cm³/mol. The van der Waals surface area contributed by atoms with E-state index in [1.807, 2.05) is 0 Å². The van der Waals surface area contributed by atoms with Gasteiger partial charge in [0.1, 0.15) is 18.3 Å². The highest BCUT2D eigenvalue weighted by Crippen LogP contribution is 2.34. The number of rotatable bonds is 3. The lowest BCUT2D eigenvalue weighted by molar-refractivity contribution is -0.248. The van der Waals surface area contributed by atoms with Crippen LogP contribution in [-0.4, -0.2) is 53.1 Å². The van der Waals surface area contributed by atoms with Gasteiger partial charge in [-0.3, -0.25) is 0 Å². The third kappa shape index (κ3) is 1.58. The summed E-state index contributed by atoms with van der Waals surface area (Å²) in [6, 6.07) is 0. The zero-order chi connectivity index (χ0) is 10.1. The standard InChI is InChI=1S/C8H16O5/c1-3-8(12-2)7(11)6(10)5(4-9)13-8/h5-7,9-11H,3-4H2,1-2H3/t5-,6?,7+,8-/m1/s1. The highest BCUT2D eigenvalue weighted by molar-refractivity contribution is 4.95. The van der Waals surface area contributed by atoms with Gasteiger partial charge in [-0.1, -0.05) is 6.92 Å². The number of aliphatic hydroxyl groups is 3. The van der Waals surface area contributed by atoms with Gasteiger partial charge in [-0.15, -0.1) is 0 Å². The Hall–Kier alpha value is -0.200. The molecule has 4 atom stereocenters. The summed E-state index contributed by atoms with van der Waals surface area (Å²) in [6.45, 7) is 1.45.